The monoisotopic (exact) mass is 267 g/mol. The smallest absolute Gasteiger partial charge is 0.325 e. The fourth-order valence-corrected chi connectivity index (χ4v) is 1.94. The predicted octanol–water partition coefficient (Wildman–Crippen LogP) is 1.95. The molecule has 0 saturated heterocycles. The highest BCUT2D eigenvalue weighted by Gasteiger charge is 2.28. The lowest BCUT2D eigenvalue weighted by Gasteiger charge is -2.22. The van der Waals surface area contributed by atoms with Gasteiger partial charge in [0.15, 0.2) is 0 Å². The van der Waals surface area contributed by atoms with Crippen LogP contribution in [-0.2, 0) is 16.1 Å². The summed E-state index contributed by atoms with van der Waals surface area (Å²) in [4.78, 5) is 15.9. The van der Waals surface area contributed by atoms with E-state index >= 15 is 0 Å². The van der Waals surface area contributed by atoms with Gasteiger partial charge in [0.25, 0.3) is 0 Å². The van der Waals surface area contributed by atoms with E-state index < -0.39 is 5.54 Å². The molecule has 0 aromatic carbocycles. The van der Waals surface area contributed by atoms with Crippen molar-refractivity contribution in [2.75, 3.05) is 6.61 Å². The molecule has 0 spiro atoms. The zero-order valence-electron chi connectivity index (χ0n) is 12.4. The van der Waals surface area contributed by atoms with Gasteiger partial charge in [-0.15, -0.1) is 0 Å². The van der Waals surface area contributed by atoms with Crippen LogP contribution in [0.2, 0.25) is 0 Å². The summed E-state index contributed by atoms with van der Waals surface area (Å²) in [5.74, 6) is -0.315. The number of hydrogen-bond donors (Lipinski definition) is 1. The molecule has 5 nitrogen and oxygen atoms in total. The van der Waals surface area contributed by atoms with E-state index in [-0.39, 0.29) is 5.97 Å². The van der Waals surface area contributed by atoms with Crippen LogP contribution in [0.4, 0.5) is 0 Å². The maximum absolute atomic E-state index is 11.6. The largest absolute Gasteiger partial charge is 0.465 e. The minimum absolute atomic E-state index is 0.315. The third kappa shape index (κ3) is 4.35. The zero-order chi connectivity index (χ0) is 14.5. The van der Waals surface area contributed by atoms with Crippen molar-refractivity contribution < 1.29 is 9.53 Å². The van der Waals surface area contributed by atoms with Gasteiger partial charge in [-0.25, -0.2) is 4.98 Å². The van der Waals surface area contributed by atoms with Crippen LogP contribution < -0.4 is 5.73 Å². The molecule has 1 heterocycles. The van der Waals surface area contributed by atoms with Gasteiger partial charge in [0.2, 0.25) is 0 Å². The third-order valence-electron chi connectivity index (χ3n) is 3.43. The molecule has 0 aliphatic carbocycles. The van der Waals surface area contributed by atoms with Crippen LogP contribution in [0.25, 0.3) is 0 Å². The molecule has 1 rings (SSSR count). The Balaban J connectivity index is 2.34. The first kappa shape index (κ1) is 15.7. The van der Waals surface area contributed by atoms with Crippen molar-refractivity contribution in [2.24, 2.45) is 5.73 Å². The molecule has 0 aliphatic heterocycles. The van der Waals surface area contributed by atoms with E-state index in [4.69, 9.17) is 10.5 Å². The van der Waals surface area contributed by atoms with Crippen molar-refractivity contribution in [1.82, 2.24) is 9.55 Å². The number of imidazole rings is 1. The number of esters is 1. The second kappa shape index (κ2) is 6.70. The van der Waals surface area contributed by atoms with Gasteiger partial charge in [-0.05, 0) is 47.0 Å². The van der Waals surface area contributed by atoms with Crippen molar-refractivity contribution in [3.63, 3.8) is 0 Å². The molecule has 0 amide bonds. The van der Waals surface area contributed by atoms with Gasteiger partial charge in [0.1, 0.15) is 5.54 Å². The molecule has 1 aromatic heterocycles. The summed E-state index contributed by atoms with van der Waals surface area (Å²) in [6.07, 6.45) is 4.36. The Morgan fingerprint density at radius 3 is 2.68 bits per heavy atom. The van der Waals surface area contributed by atoms with Crippen LogP contribution >= 0.6 is 0 Å². The van der Waals surface area contributed by atoms with E-state index in [9.17, 15) is 4.79 Å². The number of carbonyl (C=O) groups is 1. The highest BCUT2D eigenvalue weighted by molar-refractivity contribution is 5.79. The quantitative estimate of drug-likeness (QED) is 0.605. The Labute approximate surface area is 115 Å². The van der Waals surface area contributed by atoms with Crippen LogP contribution in [0, 0.1) is 13.8 Å². The summed E-state index contributed by atoms with van der Waals surface area (Å²) < 4.78 is 7.10. The minimum atomic E-state index is -0.879. The summed E-state index contributed by atoms with van der Waals surface area (Å²) in [6, 6.07) is 0. The molecule has 0 radical (unpaired) electrons. The van der Waals surface area contributed by atoms with E-state index in [1.54, 1.807) is 13.8 Å². The van der Waals surface area contributed by atoms with Gasteiger partial charge in [0, 0.05) is 12.2 Å². The zero-order valence-corrected chi connectivity index (χ0v) is 12.4. The first-order chi connectivity index (χ1) is 8.88. The average Bonchev–Trinajstić information content (AvgIpc) is 2.66. The molecule has 19 heavy (non-hydrogen) atoms. The van der Waals surface area contributed by atoms with E-state index in [2.05, 4.69) is 16.5 Å². The number of unbranched alkanes of at least 4 members (excludes halogenated alkanes) is 1. The van der Waals surface area contributed by atoms with Gasteiger partial charge in [-0.2, -0.15) is 0 Å². The number of aromatic nitrogens is 2. The molecule has 0 bridgehead atoms. The van der Waals surface area contributed by atoms with Gasteiger partial charge in [0.05, 0.1) is 18.6 Å². The second-order valence-corrected chi connectivity index (χ2v) is 5.20. The number of ether oxygens (including phenoxy) is 1. The Kier molecular flexibility index (Phi) is 5.54. The number of nitrogens with zero attached hydrogens (tertiary/aromatic N) is 2. The van der Waals surface area contributed by atoms with Gasteiger partial charge >= 0.3 is 5.97 Å². The first-order valence-corrected chi connectivity index (χ1v) is 6.83. The number of nitrogens with two attached hydrogens (primary N) is 1. The number of aryl methyl sites for hydroxylation is 2. The molecule has 0 aliphatic rings. The standard InChI is InChI=1S/C14H25N3O2/c1-5-19-13(18)14(4,15)8-6-7-9-17-10-16-11(2)12(17)3/h10H,5-9,15H2,1-4H3. The van der Waals surface area contributed by atoms with E-state index in [0.29, 0.717) is 13.0 Å². The Hall–Kier alpha value is -1.36. The Morgan fingerprint density at radius 2 is 2.16 bits per heavy atom. The van der Waals surface area contributed by atoms with Crippen LogP contribution in [0.3, 0.4) is 0 Å². The van der Waals surface area contributed by atoms with Crippen molar-refractivity contribution in [3.05, 3.63) is 17.7 Å². The summed E-state index contributed by atoms with van der Waals surface area (Å²) in [7, 11) is 0. The number of carbonyl (C=O) groups excluding carboxylic acids is 1. The van der Waals surface area contributed by atoms with E-state index in [0.717, 1.165) is 25.1 Å². The van der Waals surface area contributed by atoms with Crippen molar-refractivity contribution in [3.8, 4) is 0 Å². The molecule has 1 atom stereocenters. The molecule has 1 unspecified atom stereocenters. The first-order valence-electron chi connectivity index (χ1n) is 6.83. The lowest BCUT2D eigenvalue weighted by molar-refractivity contribution is -0.149. The van der Waals surface area contributed by atoms with E-state index in [1.807, 2.05) is 13.3 Å². The second-order valence-electron chi connectivity index (χ2n) is 5.20. The van der Waals surface area contributed by atoms with Crippen LogP contribution in [0.1, 0.15) is 44.5 Å². The molecular formula is C14H25N3O2. The third-order valence-corrected chi connectivity index (χ3v) is 3.43. The molecule has 1 aromatic rings. The van der Waals surface area contributed by atoms with Crippen molar-refractivity contribution >= 4 is 5.97 Å². The molecule has 2 N–H and O–H groups in total. The van der Waals surface area contributed by atoms with Crippen molar-refractivity contribution in [2.45, 2.75) is 59.0 Å². The van der Waals surface area contributed by atoms with Crippen LogP contribution in [0.5, 0.6) is 0 Å². The highest BCUT2D eigenvalue weighted by atomic mass is 16.5. The predicted molar refractivity (Wildman–Crippen MR) is 74.8 cm³/mol. The maximum Gasteiger partial charge on any atom is 0.325 e. The number of hydrogen-bond acceptors (Lipinski definition) is 4. The normalized spacial score (nSPS) is 14.2. The van der Waals surface area contributed by atoms with Gasteiger partial charge in [-0.1, -0.05) is 0 Å². The lowest BCUT2D eigenvalue weighted by atomic mass is 9.96. The molecular weight excluding hydrogens is 242 g/mol. The van der Waals surface area contributed by atoms with Gasteiger partial charge < -0.3 is 15.0 Å². The average molecular weight is 267 g/mol. The summed E-state index contributed by atoms with van der Waals surface area (Å²) in [6.45, 7) is 8.87. The fourth-order valence-electron chi connectivity index (χ4n) is 1.94. The SMILES string of the molecule is CCOC(=O)C(C)(N)CCCCn1cnc(C)c1C. The molecule has 108 valence electrons. The summed E-state index contributed by atoms with van der Waals surface area (Å²) >= 11 is 0. The fraction of sp³-hybridized carbons (Fsp3) is 0.714. The van der Waals surface area contributed by atoms with Gasteiger partial charge in [-0.3, -0.25) is 4.79 Å². The van der Waals surface area contributed by atoms with E-state index in [1.165, 1.54) is 5.69 Å². The summed E-state index contributed by atoms with van der Waals surface area (Å²) in [5.41, 5.74) is 7.35. The van der Waals surface area contributed by atoms with Crippen LogP contribution in [-0.4, -0.2) is 27.7 Å². The molecule has 5 heteroatoms. The summed E-state index contributed by atoms with van der Waals surface area (Å²) in [5, 5.41) is 0. The molecule has 0 fully saturated rings. The Morgan fingerprint density at radius 1 is 1.47 bits per heavy atom. The molecule has 0 saturated carbocycles. The number of rotatable bonds is 7. The lowest BCUT2D eigenvalue weighted by Crippen LogP contribution is -2.46. The van der Waals surface area contributed by atoms with Crippen LogP contribution in [0.15, 0.2) is 6.33 Å². The Bertz CT molecular complexity index is 424. The highest BCUT2D eigenvalue weighted by Crippen LogP contribution is 2.14. The maximum atomic E-state index is 11.6. The topological polar surface area (TPSA) is 70.1 Å². The minimum Gasteiger partial charge on any atom is -0.465 e. The van der Waals surface area contributed by atoms with Crippen molar-refractivity contribution in [1.29, 1.82) is 0 Å².